The predicted octanol–water partition coefficient (Wildman–Crippen LogP) is 4.03. The van der Waals surface area contributed by atoms with Crippen LogP contribution in [0.25, 0.3) is 0 Å². The number of amides is 1. The first-order valence-electron chi connectivity index (χ1n) is 7.74. The van der Waals surface area contributed by atoms with Gasteiger partial charge in [0, 0.05) is 0 Å². The molecule has 0 fully saturated rings. The van der Waals surface area contributed by atoms with E-state index in [0.717, 1.165) is 12.0 Å². The van der Waals surface area contributed by atoms with Gasteiger partial charge in [0.2, 0.25) is 0 Å². The monoisotopic (exact) mass is 342 g/mol. The number of nitriles is 1. The number of ether oxygens (including phenoxy) is 1. The number of aryl methyl sites for hydroxylation is 1. The van der Waals surface area contributed by atoms with Crippen LogP contribution in [0.4, 0.5) is 0 Å². The van der Waals surface area contributed by atoms with Crippen LogP contribution in [0.1, 0.15) is 36.6 Å². The third-order valence-electron chi connectivity index (χ3n) is 3.69. The van der Waals surface area contributed by atoms with Crippen molar-refractivity contribution >= 4 is 17.5 Å². The van der Waals surface area contributed by atoms with Crippen LogP contribution in [0, 0.1) is 11.3 Å². The van der Waals surface area contributed by atoms with Crippen LogP contribution in [-0.4, -0.2) is 12.5 Å². The summed E-state index contributed by atoms with van der Waals surface area (Å²) in [6.07, 6.45) is 0.986. The number of hydrogen-bond donors (Lipinski definition) is 1. The highest BCUT2D eigenvalue weighted by atomic mass is 35.5. The molecule has 1 amide bonds. The molecule has 0 heterocycles. The topological polar surface area (TPSA) is 62.1 Å². The lowest BCUT2D eigenvalue weighted by molar-refractivity contribution is -0.123. The van der Waals surface area contributed by atoms with Gasteiger partial charge in [-0.1, -0.05) is 42.8 Å². The zero-order valence-electron chi connectivity index (χ0n) is 13.7. The van der Waals surface area contributed by atoms with E-state index in [0.29, 0.717) is 16.3 Å². The molecule has 5 heteroatoms. The number of nitrogens with zero attached hydrogens (tertiary/aromatic N) is 1. The van der Waals surface area contributed by atoms with Crippen molar-refractivity contribution in [3.63, 3.8) is 0 Å². The summed E-state index contributed by atoms with van der Waals surface area (Å²) in [4.78, 5) is 12.0. The van der Waals surface area contributed by atoms with Crippen LogP contribution in [-0.2, 0) is 11.2 Å². The Bertz CT molecular complexity index is 751. The molecule has 124 valence electrons. The van der Waals surface area contributed by atoms with E-state index >= 15 is 0 Å². The van der Waals surface area contributed by atoms with Crippen LogP contribution >= 0.6 is 11.6 Å². The van der Waals surface area contributed by atoms with E-state index in [4.69, 9.17) is 21.6 Å². The van der Waals surface area contributed by atoms with Crippen molar-refractivity contribution in [2.24, 2.45) is 0 Å². The molecule has 0 saturated carbocycles. The largest absolute Gasteiger partial charge is 0.482 e. The normalized spacial score (nSPS) is 11.4. The smallest absolute Gasteiger partial charge is 0.258 e. The molecule has 1 atom stereocenters. The number of carbonyl (C=O) groups excluding carboxylic acids is 1. The number of rotatable bonds is 6. The van der Waals surface area contributed by atoms with Gasteiger partial charge in [-0.15, -0.1) is 0 Å². The van der Waals surface area contributed by atoms with E-state index in [1.54, 1.807) is 12.1 Å². The van der Waals surface area contributed by atoms with Crippen molar-refractivity contribution in [1.82, 2.24) is 5.32 Å². The van der Waals surface area contributed by atoms with Gasteiger partial charge >= 0.3 is 0 Å². The second-order valence-corrected chi connectivity index (χ2v) is 5.84. The van der Waals surface area contributed by atoms with Gasteiger partial charge in [-0.05, 0) is 42.7 Å². The molecule has 0 aliphatic carbocycles. The number of halogens is 1. The highest BCUT2D eigenvalue weighted by Crippen LogP contribution is 2.25. The lowest BCUT2D eigenvalue weighted by Crippen LogP contribution is -2.31. The van der Waals surface area contributed by atoms with Crippen LogP contribution in [0.15, 0.2) is 42.5 Å². The van der Waals surface area contributed by atoms with E-state index in [2.05, 4.69) is 24.4 Å². The van der Waals surface area contributed by atoms with E-state index in [1.807, 2.05) is 25.1 Å². The maximum absolute atomic E-state index is 12.0. The average Bonchev–Trinajstić information content (AvgIpc) is 2.60. The summed E-state index contributed by atoms with van der Waals surface area (Å²) >= 11 is 6.01. The molecule has 0 aromatic heterocycles. The number of carbonyl (C=O) groups is 1. The first-order valence-corrected chi connectivity index (χ1v) is 8.12. The summed E-state index contributed by atoms with van der Waals surface area (Å²) < 4.78 is 5.42. The molecule has 0 bridgehead atoms. The minimum atomic E-state index is -0.234. The molecule has 24 heavy (non-hydrogen) atoms. The standard InChI is InChI=1S/C19H19ClN2O2/c1-3-14-4-7-16(8-5-14)13(2)22-19(23)12-24-18-9-6-15(11-21)10-17(18)20/h4-10,13H,3,12H2,1-2H3,(H,22,23)/t13-/m1/s1. The molecule has 0 spiro atoms. The molecule has 2 rings (SSSR count). The third-order valence-corrected chi connectivity index (χ3v) is 3.98. The Morgan fingerprint density at radius 2 is 2.00 bits per heavy atom. The predicted molar refractivity (Wildman–Crippen MR) is 94.0 cm³/mol. The highest BCUT2D eigenvalue weighted by Gasteiger charge is 2.11. The Kier molecular flexibility index (Phi) is 6.22. The first kappa shape index (κ1) is 17.8. The summed E-state index contributed by atoms with van der Waals surface area (Å²) in [5.41, 5.74) is 2.74. The quantitative estimate of drug-likeness (QED) is 0.862. The van der Waals surface area contributed by atoms with Gasteiger partial charge in [0.1, 0.15) is 5.75 Å². The van der Waals surface area contributed by atoms with Gasteiger partial charge in [0.15, 0.2) is 6.61 Å². The molecule has 0 aliphatic heterocycles. The molecule has 4 nitrogen and oxygen atoms in total. The molecular weight excluding hydrogens is 324 g/mol. The fraction of sp³-hybridized carbons (Fsp3) is 0.263. The van der Waals surface area contributed by atoms with E-state index in [-0.39, 0.29) is 18.6 Å². The molecule has 2 aromatic rings. The highest BCUT2D eigenvalue weighted by molar-refractivity contribution is 6.32. The Balaban J connectivity index is 1.89. The minimum Gasteiger partial charge on any atom is -0.482 e. The van der Waals surface area contributed by atoms with Crippen molar-refractivity contribution < 1.29 is 9.53 Å². The molecule has 2 aromatic carbocycles. The van der Waals surface area contributed by atoms with Gasteiger partial charge in [0.05, 0.1) is 22.7 Å². The lowest BCUT2D eigenvalue weighted by Gasteiger charge is -2.15. The molecule has 0 unspecified atom stereocenters. The van der Waals surface area contributed by atoms with Crippen LogP contribution < -0.4 is 10.1 Å². The van der Waals surface area contributed by atoms with Crippen LogP contribution in [0.2, 0.25) is 5.02 Å². The van der Waals surface area contributed by atoms with Gasteiger partial charge in [0.25, 0.3) is 5.91 Å². The Hall–Kier alpha value is -2.51. The fourth-order valence-corrected chi connectivity index (χ4v) is 2.47. The zero-order valence-corrected chi connectivity index (χ0v) is 14.4. The van der Waals surface area contributed by atoms with Crippen LogP contribution in [0.5, 0.6) is 5.75 Å². The summed E-state index contributed by atoms with van der Waals surface area (Å²) in [7, 11) is 0. The summed E-state index contributed by atoms with van der Waals surface area (Å²) in [6, 6.07) is 14.7. The van der Waals surface area contributed by atoms with Gasteiger partial charge in [-0.3, -0.25) is 4.79 Å². The second kappa shape index (κ2) is 8.37. The summed E-state index contributed by atoms with van der Waals surface area (Å²) in [5, 5.41) is 12.0. The van der Waals surface area contributed by atoms with Gasteiger partial charge in [-0.2, -0.15) is 5.26 Å². The van der Waals surface area contributed by atoms with Gasteiger partial charge in [-0.25, -0.2) is 0 Å². The van der Waals surface area contributed by atoms with E-state index in [9.17, 15) is 4.79 Å². The molecular formula is C19H19ClN2O2. The Morgan fingerprint density at radius 3 is 2.58 bits per heavy atom. The minimum absolute atomic E-state index is 0.108. The molecule has 0 aliphatic rings. The second-order valence-electron chi connectivity index (χ2n) is 5.43. The fourth-order valence-electron chi connectivity index (χ4n) is 2.24. The van der Waals surface area contributed by atoms with Crippen molar-refractivity contribution in [2.75, 3.05) is 6.61 Å². The Labute approximate surface area is 147 Å². The molecule has 0 saturated heterocycles. The van der Waals surface area contributed by atoms with Gasteiger partial charge < -0.3 is 10.1 Å². The van der Waals surface area contributed by atoms with E-state index < -0.39 is 0 Å². The number of nitrogens with one attached hydrogen (secondary N) is 1. The summed E-state index contributed by atoms with van der Waals surface area (Å²) in [6.45, 7) is 3.89. The Morgan fingerprint density at radius 1 is 1.29 bits per heavy atom. The number of benzene rings is 2. The van der Waals surface area contributed by atoms with Crippen molar-refractivity contribution in [1.29, 1.82) is 5.26 Å². The van der Waals surface area contributed by atoms with E-state index in [1.165, 1.54) is 11.6 Å². The van der Waals surface area contributed by atoms with Crippen LogP contribution in [0.3, 0.4) is 0 Å². The molecule has 1 N–H and O–H groups in total. The lowest BCUT2D eigenvalue weighted by atomic mass is 10.1. The average molecular weight is 343 g/mol. The van der Waals surface area contributed by atoms with Crippen molar-refractivity contribution in [2.45, 2.75) is 26.3 Å². The van der Waals surface area contributed by atoms with Crippen molar-refractivity contribution in [3.8, 4) is 11.8 Å². The summed E-state index contributed by atoms with van der Waals surface area (Å²) in [5.74, 6) is 0.147. The number of hydrogen-bond acceptors (Lipinski definition) is 3. The maximum atomic E-state index is 12.0. The first-order chi connectivity index (χ1) is 11.5. The SMILES string of the molecule is CCc1ccc([C@@H](C)NC(=O)COc2ccc(C#N)cc2Cl)cc1. The zero-order chi connectivity index (χ0) is 17.5. The maximum Gasteiger partial charge on any atom is 0.258 e. The van der Waals surface area contributed by atoms with Crippen molar-refractivity contribution in [3.05, 3.63) is 64.2 Å². The third kappa shape index (κ3) is 4.74. The molecule has 0 radical (unpaired) electrons.